The Bertz CT molecular complexity index is 543. The first-order valence-corrected chi connectivity index (χ1v) is 6.94. The van der Waals surface area contributed by atoms with Crippen LogP contribution in [0.5, 0.6) is 0 Å². The number of methoxy groups -OCH3 is 1. The Kier molecular flexibility index (Phi) is 6.57. The molecule has 0 saturated carbocycles. The second kappa shape index (κ2) is 7.95. The van der Waals surface area contributed by atoms with Gasteiger partial charge in [0, 0.05) is 28.9 Å². The molecule has 0 aliphatic carbocycles. The number of hydrogen-bond acceptors (Lipinski definition) is 5. The number of carboxylic acids is 1. The van der Waals surface area contributed by atoms with E-state index in [1.54, 1.807) is 11.3 Å². The van der Waals surface area contributed by atoms with Crippen molar-refractivity contribution in [2.45, 2.75) is 19.1 Å². The van der Waals surface area contributed by atoms with Crippen LogP contribution >= 0.6 is 11.3 Å². The number of hydrogen-bond donors (Lipinski definition) is 2. The van der Waals surface area contributed by atoms with Crippen molar-refractivity contribution in [3.8, 4) is 0 Å². The van der Waals surface area contributed by atoms with Gasteiger partial charge in [0.1, 0.15) is 0 Å². The van der Waals surface area contributed by atoms with Crippen LogP contribution in [-0.4, -0.2) is 36.9 Å². The molecule has 122 valence electrons. The highest BCUT2D eigenvalue weighted by Gasteiger charge is 2.38. The predicted octanol–water partition coefficient (Wildman–Crippen LogP) is 2.21. The number of esters is 1. The van der Waals surface area contributed by atoms with E-state index >= 15 is 0 Å². The molecule has 0 bridgehead atoms. The zero-order chi connectivity index (χ0) is 16.8. The van der Waals surface area contributed by atoms with Gasteiger partial charge in [0.05, 0.1) is 7.11 Å². The lowest BCUT2D eigenvalue weighted by molar-refractivity contribution is -0.192. The van der Waals surface area contributed by atoms with Crippen molar-refractivity contribution < 1.29 is 32.6 Å². The Morgan fingerprint density at radius 1 is 1.45 bits per heavy atom. The summed E-state index contributed by atoms with van der Waals surface area (Å²) < 4.78 is 36.3. The zero-order valence-electron chi connectivity index (χ0n) is 11.6. The molecule has 5 nitrogen and oxygen atoms in total. The second-order valence-corrected chi connectivity index (χ2v) is 5.35. The average molecular weight is 337 g/mol. The van der Waals surface area contributed by atoms with Gasteiger partial charge in [-0.3, -0.25) is 0 Å². The van der Waals surface area contributed by atoms with Crippen molar-refractivity contribution >= 4 is 29.4 Å². The molecule has 1 aliphatic heterocycles. The summed E-state index contributed by atoms with van der Waals surface area (Å²) in [7, 11) is 1.38. The molecule has 1 aliphatic rings. The number of carbonyl (C=O) groups is 2. The van der Waals surface area contributed by atoms with E-state index in [1.165, 1.54) is 23.6 Å². The van der Waals surface area contributed by atoms with E-state index in [1.807, 2.05) is 6.08 Å². The molecule has 0 radical (unpaired) electrons. The summed E-state index contributed by atoms with van der Waals surface area (Å²) in [4.78, 5) is 22.4. The number of alkyl halides is 3. The molecule has 0 spiro atoms. The molecule has 0 aromatic carbocycles. The van der Waals surface area contributed by atoms with Crippen LogP contribution in [0.2, 0.25) is 0 Å². The lowest BCUT2D eigenvalue weighted by atomic mass is 10.1. The van der Waals surface area contributed by atoms with E-state index in [2.05, 4.69) is 16.1 Å². The SMILES string of the molecule is COC(=O)/C=C/c1cc2c(s1)CCNC2.O=C(O)C(F)(F)F. The summed E-state index contributed by atoms with van der Waals surface area (Å²) in [5, 5.41) is 10.4. The third-order valence-electron chi connectivity index (χ3n) is 2.59. The van der Waals surface area contributed by atoms with Crippen LogP contribution in [0.4, 0.5) is 13.2 Å². The third-order valence-corrected chi connectivity index (χ3v) is 3.79. The number of ether oxygens (including phenoxy) is 1. The molecule has 2 heterocycles. The van der Waals surface area contributed by atoms with Crippen molar-refractivity contribution in [2.75, 3.05) is 13.7 Å². The fourth-order valence-corrected chi connectivity index (χ4v) is 2.66. The Labute approximate surface area is 128 Å². The highest BCUT2D eigenvalue weighted by atomic mass is 32.1. The minimum Gasteiger partial charge on any atom is -0.475 e. The molecule has 0 atom stereocenters. The van der Waals surface area contributed by atoms with Gasteiger partial charge in [-0.1, -0.05) is 0 Å². The maximum atomic E-state index is 10.9. The van der Waals surface area contributed by atoms with Crippen LogP contribution in [0.15, 0.2) is 12.1 Å². The van der Waals surface area contributed by atoms with E-state index in [0.29, 0.717) is 0 Å². The van der Waals surface area contributed by atoms with Gasteiger partial charge in [0.15, 0.2) is 0 Å². The molecule has 0 saturated heterocycles. The van der Waals surface area contributed by atoms with E-state index < -0.39 is 12.1 Å². The molecule has 0 unspecified atom stereocenters. The summed E-state index contributed by atoms with van der Waals surface area (Å²) in [5.41, 5.74) is 1.36. The highest BCUT2D eigenvalue weighted by molar-refractivity contribution is 7.13. The minimum atomic E-state index is -5.08. The number of carboxylic acid groups (broad SMARTS) is 1. The van der Waals surface area contributed by atoms with Crippen LogP contribution < -0.4 is 5.32 Å². The number of aliphatic carboxylic acids is 1. The number of carbonyl (C=O) groups excluding carboxylic acids is 1. The number of rotatable bonds is 2. The number of nitrogens with one attached hydrogen (secondary N) is 1. The van der Waals surface area contributed by atoms with Gasteiger partial charge in [-0.2, -0.15) is 13.2 Å². The van der Waals surface area contributed by atoms with Gasteiger partial charge < -0.3 is 15.2 Å². The van der Waals surface area contributed by atoms with Gasteiger partial charge in [0.25, 0.3) is 0 Å². The monoisotopic (exact) mass is 337 g/mol. The van der Waals surface area contributed by atoms with E-state index in [4.69, 9.17) is 9.90 Å². The summed E-state index contributed by atoms with van der Waals surface area (Å²) in [5.74, 6) is -3.06. The maximum Gasteiger partial charge on any atom is 0.490 e. The molecule has 2 N–H and O–H groups in total. The molecule has 1 aromatic heterocycles. The highest BCUT2D eigenvalue weighted by Crippen LogP contribution is 2.26. The van der Waals surface area contributed by atoms with Crippen molar-refractivity contribution in [2.24, 2.45) is 0 Å². The normalized spacial score (nSPS) is 14.0. The van der Waals surface area contributed by atoms with Gasteiger partial charge >= 0.3 is 18.1 Å². The topological polar surface area (TPSA) is 75.6 Å². The van der Waals surface area contributed by atoms with Crippen LogP contribution in [-0.2, 0) is 27.3 Å². The summed E-state index contributed by atoms with van der Waals surface area (Å²) in [6, 6.07) is 2.13. The van der Waals surface area contributed by atoms with Crippen LogP contribution in [0, 0.1) is 0 Å². The van der Waals surface area contributed by atoms with Crippen LogP contribution in [0.1, 0.15) is 15.3 Å². The first-order valence-electron chi connectivity index (χ1n) is 6.12. The van der Waals surface area contributed by atoms with Crippen LogP contribution in [0.25, 0.3) is 6.08 Å². The molecule has 2 rings (SSSR count). The van der Waals surface area contributed by atoms with Crippen molar-refractivity contribution in [3.63, 3.8) is 0 Å². The lowest BCUT2D eigenvalue weighted by Crippen LogP contribution is -2.21. The van der Waals surface area contributed by atoms with Gasteiger partial charge in [-0.25, -0.2) is 9.59 Å². The van der Waals surface area contributed by atoms with Crippen molar-refractivity contribution in [3.05, 3.63) is 27.5 Å². The molecule has 1 aromatic rings. The Hall–Kier alpha value is -1.87. The largest absolute Gasteiger partial charge is 0.490 e. The Morgan fingerprint density at radius 2 is 2.09 bits per heavy atom. The average Bonchev–Trinajstić information content (AvgIpc) is 2.87. The fourth-order valence-electron chi connectivity index (χ4n) is 1.58. The zero-order valence-corrected chi connectivity index (χ0v) is 12.4. The lowest BCUT2D eigenvalue weighted by Gasteiger charge is -2.10. The molecular weight excluding hydrogens is 323 g/mol. The standard InChI is InChI=1S/C11H13NO2S.C2HF3O2/c1-14-11(13)3-2-9-6-8-7-12-5-4-10(8)15-9;3-2(4,5)1(6)7/h2-3,6,12H,4-5,7H2,1H3;(H,6,7)/b3-2+;. The minimum absolute atomic E-state index is 0.306. The number of halogens is 3. The first-order chi connectivity index (χ1) is 10.2. The van der Waals surface area contributed by atoms with E-state index in [0.717, 1.165) is 24.4 Å². The molecule has 9 heteroatoms. The molecule has 0 fully saturated rings. The number of thiophene rings is 1. The smallest absolute Gasteiger partial charge is 0.475 e. The maximum absolute atomic E-state index is 10.9. The van der Waals surface area contributed by atoms with Crippen LogP contribution in [0.3, 0.4) is 0 Å². The van der Waals surface area contributed by atoms with Crippen molar-refractivity contribution in [1.82, 2.24) is 5.32 Å². The quantitative estimate of drug-likeness (QED) is 0.639. The van der Waals surface area contributed by atoms with E-state index in [-0.39, 0.29) is 5.97 Å². The second-order valence-electron chi connectivity index (χ2n) is 4.18. The molecule has 0 amide bonds. The molecular formula is C13H14F3NO4S. The summed E-state index contributed by atoms with van der Waals surface area (Å²) in [6.45, 7) is 1.99. The van der Waals surface area contributed by atoms with Gasteiger partial charge in [-0.15, -0.1) is 11.3 Å². The predicted molar refractivity (Wildman–Crippen MR) is 74.5 cm³/mol. The fraction of sp³-hybridized carbons (Fsp3) is 0.385. The third kappa shape index (κ3) is 5.86. The Morgan fingerprint density at radius 3 is 2.59 bits per heavy atom. The van der Waals surface area contributed by atoms with Crippen molar-refractivity contribution in [1.29, 1.82) is 0 Å². The van der Waals surface area contributed by atoms with Gasteiger partial charge in [-0.05, 0) is 24.1 Å². The van der Waals surface area contributed by atoms with Gasteiger partial charge in [0.2, 0.25) is 0 Å². The summed E-state index contributed by atoms with van der Waals surface area (Å²) >= 11 is 1.75. The Balaban J connectivity index is 0.000000295. The summed E-state index contributed by atoms with van der Waals surface area (Å²) in [6.07, 6.45) is -0.717. The van der Waals surface area contributed by atoms with E-state index in [9.17, 15) is 18.0 Å². The number of fused-ring (bicyclic) bond motifs is 1. The molecule has 22 heavy (non-hydrogen) atoms. The first kappa shape index (κ1) is 18.2.